The van der Waals surface area contributed by atoms with E-state index in [1.807, 2.05) is 23.9 Å². The van der Waals surface area contributed by atoms with Gasteiger partial charge in [-0.25, -0.2) is 0 Å². The number of nitrogen functional groups attached to an aromatic ring is 1. The van der Waals surface area contributed by atoms with E-state index in [0.717, 1.165) is 29.8 Å². The third kappa shape index (κ3) is 1.90. The van der Waals surface area contributed by atoms with Gasteiger partial charge in [-0.1, -0.05) is 13.8 Å². The minimum Gasteiger partial charge on any atom is -0.397 e. The summed E-state index contributed by atoms with van der Waals surface area (Å²) in [7, 11) is 1.97. The molecule has 0 aliphatic rings. The first-order valence-corrected chi connectivity index (χ1v) is 5.94. The van der Waals surface area contributed by atoms with Crippen LogP contribution in [0.15, 0.2) is 18.3 Å². The van der Waals surface area contributed by atoms with Crippen LogP contribution in [0.3, 0.4) is 0 Å². The molecule has 90 valence electrons. The molecule has 4 nitrogen and oxygen atoms in total. The van der Waals surface area contributed by atoms with Crippen LogP contribution in [0.1, 0.15) is 25.2 Å². The summed E-state index contributed by atoms with van der Waals surface area (Å²) in [5.74, 6) is 0. The summed E-state index contributed by atoms with van der Waals surface area (Å²) in [4.78, 5) is 4.40. The van der Waals surface area contributed by atoms with E-state index in [4.69, 9.17) is 5.73 Å². The van der Waals surface area contributed by atoms with Gasteiger partial charge in [-0.2, -0.15) is 5.10 Å². The molecule has 17 heavy (non-hydrogen) atoms. The van der Waals surface area contributed by atoms with E-state index in [0.29, 0.717) is 5.69 Å². The van der Waals surface area contributed by atoms with Crippen molar-refractivity contribution in [2.45, 2.75) is 26.7 Å². The largest absolute Gasteiger partial charge is 0.397 e. The third-order valence-corrected chi connectivity index (χ3v) is 2.98. The predicted octanol–water partition coefficient (Wildman–Crippen LogP) is 2.19. The van der Waals surface area contributed by atoms with Crippen LogP contribution in [-0.4, -0.2) is 14.8 Å². The molecule has 4 heteroatoms. The Bertz CT molecular complexity index is 528. The summed E-state index contributed by atoms with van der Waals surface area (Å²) in [6.45, 7) is 4.23. The molecule has 2 aromatic heterocycles. The SMILES string of the molecule is CCc1nn(C)c(CC)c1-c1ncccc1N. The number of rotatable bonds is 3. The second kappa shape index (κ2) is 4.57. The fourth-order valence-corrected chi connectivity index (χ4v) is 2.17. The summed E-state index contributed by atoms with van der Waals surface area (Å²) < 4.78 is 1.93. The lowest BCUT2D eigenvalue weighted by molar-refractivity contribution is 0.705. The van der Waals surface area contributed by atoms with Crippen molar-refractivity contribution in [3.05, 3.63) is 29.7 Å². The number of hydrogen-bond acceptors (Lipinski definition) is 3. The predicted molar refractivity (Wildman–Crippen MR) is 69.6 cm³/mol. The van der Waals surface area contributed by atoms with Crippen molar-refractivity contribution in [2.75, 3.05) is 5.73 Å². The molecule has 0 atom stereocenters. The van der Waals surface area contributed by atoms with E-state index in [1.165, 1.54) is 5.69 Å². The van der Waals surface area contributed by atoms with Gasteiger partial charge in [-0.15, -0.1) is 0 Å². The molecule has 0 amide bonds. The fraction of sp³-hybridized carbons (Fsp3) is 0.385. The Balaban J connectivity index is 2.69. The van der Waals surface area contributed by atoms with Gasteiger partial charge in [-0.05, 0) is 25.0 Å². The first-order chi connectivity index (χ1) is 8.19. The minimum absolute atomic E-state index is 0.713. The molecule has 0 bridgehead atoms. The second-order valence-corrected chi connectivity index (χ2v) is 4.04. The molecule has 2 aromatic rings. The Morgan fingerprint density at radius 3 is 2.65 bits per heavy atom. The van der Waals surface area contributed by atoms with Gasteiger partial charge < -0.3 is 5.73 Å². The van der Waals surface area contributed by atoms with E-state index in [9.17, 15) is 0 Å². The monoisotopic (exact) mass is 230 g/mol. The van der Waals surface area contributed by atoms with Crippen molar-refractivity contribution >= 4 is 5.69 Å². The zero-order valence-corrected chi connectivity index (χ0v) is 10.6. The Kier molecular flexibility index (Phi) is 3.13. The maximum absolute atomic E-state index is 6.01. The molecule has 0 aromatic carbocycles. The van der Waals surface area contributed by atoms with Crippen LogP contribution < -0.4 is 5.73 Å². The molecular formula is C13H18N4. The van der Waals surface area contributed by atoms with Gasteiger partial charge in [0.2, 0.25) is 0 Å². The topological polar surface area (TPSA) is 56.7 Å². The number of nitrogens with zero attached hydrogens (tertiary/aromatic N) is 3. The average molecular weight is 230 g/mol. The normalized spacial score (nSPS) is 10.8. The Morgan fingerprint density at radius 1 is 1.29 bits per heavy atom. The van der Waals surface area contributed by atoms with Gasteiger partial charge in [-0.3, -0.25) is 9.67 Å². The van der Waals surface area contributed by atoms with Gasteiger partial charge in [0.15, 0.2) is 0 Å². The third-order valence-electron chi connectivity index (χ3n) is 2.98. The number of pyridine rings is 1. The van der Waals surface area contributed by atoms with Crippen LogP contribution in [0.5, 0.6) is 0 Å². The zero-order valence-electron chi connectivity index (χ0n) is 10.6. The molecule has 0 radical (unpaired) electrons. The highest BCUT2D eigenvalue weighted by molar-refractivity contribution is 5.76. The van der Waals surface area contributed by atoms with Crippen LogP contribution in [0.4, 0.5) is 5.69 Å². The standard InChI is InChI=1S/C13H18N4/c1-4-10-12(11(5-2)17(3)16-10)13-9(14)7-6-8-15-13/h6-8H,4-5,14H2,1-3H3. The number of anilines is 1. The molecule has 0 saturated heterocycles. The molecule has 0 aliphatic carbocycles. The molecule has 2 heterocycles. The average Bonchev–Trinajstić information content (AvgIpc) is 2.66. The Morgan fingerprint density at radius 2 is 2.06 bits per heavy atom. The highest BCUT2D eigenvalue weighted by atomic mass is 15.3. The molecule has 0 unspecified atom stereocenters. The highest BCUT2D eigenvalue weighted by Gasteiger charge is 2.18. The maximum Gasteiger partial charge on any atom is 0.0968 e. The molecular weight excluding hydrogens is 212 g/mol. The summed E-state index contributed by atoms with van der Waals surface area (Å²) in [5.41, 5.74) is 10.9. The van der Waals surface area contributed by atoms with Crippen LogP contribution >= 0.6 is 0 Å². The van der Waals surface area contributed by atoms with E-state index < -0.39 is 0 Å². The van der Waals surface area contributed by atoms with E-state index in [-0.39, 0.29) is 0 Å². The lowest BCUT2D eigenvalue weighted by Crippen LogP contribution is -1.99. The van der Waals surface area contributed by atoms with Gasteiger partial charge in [0.1, 0.15) is 0 Å². The Hall–Kier alpha value is -1.84. The highest BCUT2D eigenvalue weighted by Crippen LogP contribution is 2.30. The van der Waals surface area contributed by atoms with Crippen LogP contribution in [0.2, 0.25) is 0 Å². The van der Waals surface area contributed by atoms with E-state index >= 15 is 0 Å². The molecule has 0 aliphatic heterocycles. The molecule has 2 N–H and O–H groups in total. The first-order valence-electron chi connectivity index (χ1n) is 5.94. The van der Waals surface area contributed by atoms with E-state index in [1.54, 1.807) is 6.20 Å². The maximum atomic E-state index is 6.01. The van der Waals surface area contributed by atoms with Crippen molar-refractivity contribution in [1.82, 2.24) is 14.8 Å². The van der Waals surface area contributed by atoms with Crippen LogP contribution in [-0.2, 0) is 19.9 Å². The van der Waals surface area contributed by atoms with Gasteiger partial charge >= 0.3 is 0 Å². The van der Waals surface area contributed by atoms with Crippen molar-refractivity contribution < 1.29 is 0 Å². The Labute approximate surface area is 101 Å². The molecule has 0 saturated carbocycles. The molecule has 0 fully saturated rings. The molecule has 0 spiro atoms. The van der Waals surface area contributed by atoms with Gasteiger partial charge in [0, 0.05) is 24.5 Å². The van der Waals surface area contributed by atoms with Crippen molar-refractivity contribution in [3.63, 3.8) is 0 Å². The van der Waals surface area contributed by atoms with Gasteiger partial charge in [0.05, 0.1) is 17.1 Å². The van der Waals surface area contributed by atoms with Crippen molar-refractivity contribution in [3.8, 4) is 11.3 Å². The smallest absolute Gasteiger partial charge is 0.0968 e. The van der Waals surface area contributed by atoms with Gasteiger partial charge in [0.25, 0.3) is 0 Å². The lowest BCUT2D eigenvalue weighted by Gasteiger charge is -2.06. The van der Waals surface area contributed by atoms with Crippen LogP contribution in [0.25, 0.3) is 11.3 Å². The van der Waals surface area contributed by atoms with Crippen molar-refractivity contribution in [1.29, 1.82) is 0 Å². The zero-order chi connectivity index (χ0) is 12.4. The lowest BCUT2D eigenvalue weighted by atomic mass is 10.0. The fourth-order valence-electron chi connectivity index (χ4n) is 2.17. The van der Waals surface area contributed by atoms with Crippen molar-refractivity contribution in [2.24, 2.45) is 7.05 Å². The summed E-state index contributed by atoms with van der Waals surface area (Å²) in [6.07, 6.45) is 3.59. The summed E-state index contributed by atoms with van der Waals surface area (Å²) in [6, 6.07) is 3.74. The summed E-state index contributed by atoms with van der Waals surface area (Å²) >= 11 is 0. The number of nitrogens with two attached hydrogens (primary N) is 1. The number of aryl methyl sites for hydroxylation is 2. The number of hydrogen-bond donors (Lipinski definition) is 1. The molecule has 2 rings (SSSR count). The second-order valence-electron chi connectivity index (χ2n) is 4.04. The quantitative estimate of drug-likeness (QED) is 0.879. The number of aromatic nitrogens is 3. The minimum atomic E-state index is 0.713. The first kappa shape index (κ1) is 11.6. The van der Waals surface area contributed by atoms with E-state index in [2.05, 4.69) is 23.9 Å². The summed E-state index contributed by atoms with van der Waals surface area (Å²) in [5, 5.41) is 4.54. The van der Waals surface area contributed by atoms with Crippen LogP contribution in [0, 0.1) is 0 Å².